The highest BCUT2D eigenvalue weighted by molar-refractivity contribution is 6.30. The zero-order valence-corrected chi connectivity index (χ0v) is 16.9. The van der Waals surface area contributed by atoms with Crippen molar-refractivity contribution >= 4 is 29.0 Å². The Bertz CT molecular complexity index is 1190. The second-order valence-electron chi connectivity index (χ2n) is 7.17. The van der Waals surface area contributed by atoms with Crippen molar-refractivity contribution in [2.45, 2.75) is 25.4 Å². The quantitative estimate of drug-likeness (QED) is 0.632. The highest BCUT2D eigenvalue weighted by Crippen LogP contribution is 2.36. The summed E-state index contributed by atoms with van der Waals surface area (Å²) in [6.45, 7) is 1.47. The van der Waals surface area contributed by atoms with Crippen molar-refractivity contribution in [2.75, 3.05) is 5.32 Å². The molecule has 1 amide bonds. The Balaban J connectivity index is 1.68. The predicted octanol–water partition coefficient (Wildman–Crippen LogP) is 3.89. The van der Waals surface area contributed by atoms with Crippen molar-refractivity contribution in [3.8, 4) is 0 Å². The summed E-state index contributed by atoms with van der Waals surface area (Å²) in [6.07, 6.45) is -0.421. The number of pyridine rings is 1. The number of hydrogen-bond acceptors (Lipinski definition) is 5. The van der Waals surface area contributed by atoms with Crippen molar-refractivity contribution in [2.24, 2.45) is 10.7 Å². The average Bonchev–Trinajstić information content (AvgIpc) is 3.14. The van der Waals surface area contributed by atoms with Crippen LogP contribution in [-0.2, 0) is 12.1 Å². The molecule has 11 heteroatoms. The molecule has 160 valence electrons. The van der Waals surface area contributed by atoms with Crippen LogP contribution < -0.4 is 11.1 Å². The van der Waals surface area contributed by atoms with Gasteiger partial charge < -0.3 is 15.6 Å². The number of hydrogen-bond donors (Lipinski definition) is 2. The van der Waals surface area contributed by atoms with Gasteiger partial charge in [0.2, 0.25) is 0 Å². The molecule has 1 aromatic carbocycles. The number of halogens is 4. The third-order valence-corrected chi connectivity index (χ3v) is 5.16. The van der Waals surface area contributed by atoms with E-state index in [0.29, 0.717) is 5.02 Å². The molecular formula is C20H16ClF3N6O. The number of alkyl halides is 2. The number of fused-ring (bicyclic) bond motifs is 1. The highest BCUT2D eigenvalue weighted by Gasteiger charge is 2.37. The van der Waals surface area contributed by atoms with Crippen LogP contribution >= 0.6 is 11.6 Å². The Morgan fingerprint density at radius 1 is 1.26 bits per heavy atom. The Labute approximate surface area is 179 Å². The molecule has 0 spiro atoms. The SMILES string of the molecule is C[C@@]1(c2cc(NC(=O)c3ccc(Cl)cn3)ccc2F)Cn2c(C(F)F)cnc2C(N)=N1. The van der Waals surface area contributed by atoms with E-state index in [-0.39, 0.29) is 40.8 Å². The summed E-state index contributed by atoms with van der Waals surface area (Å²) in [5.41, 5.74) is 4.78. The lowest BCUT2D eigenvalue weighted by atomic mass is 9.90. The molecule has 1 atom stereocenters. The molecule has 0 saturated heterocycles. The van der Waals surface area contributed by atoms with Gasteiger partial charge in [0, 0.05) is 17.4 Å². The third-order valence-electron chi connectivity index (χ3n) is 4.94. The summed E-state index contributed by atoms with van der Waals surface area (Å²) in [7, 11) is 0. The first-order chi connectivity index (χ1) is 14.7. The van der Waals surface area contributed by atoms with Gasteiger partial charge in [-0.1, -0.05) is 11.6 Å². The molecule has 0 fully saturated rings. The molecule has 0 radical (unpaired) electrons. The number of benzene rings is 1. The standard InChI is InChI=1S/C20H16ClF3N6O/c1-20(9-30-15(16(23)24)8-27-18(30)17(25)29-20)12-6-11(3-4-13(12)22)28-19(31)14-5-2-10(21)7-26-14/h2-8,16H,9H2,1H3,(H2,25,29)(H,28,31)/t20-/m0/s1. The highest BCUT2D eigenvalue weighted by atomic mass is 35.5. The third kappa shape index (κ3) is 3.86. The average molecular weight is 449 g/mol. The summed E-state index contributed by atoms with van der Waals surface area (Å²) in [5, 5.41) is 3.00. The van der Waals surface area contributed by atoms with Crippen LogP contribution in [0.25, 0.3) is 0 Å². The van der Waals surface area contributed by atoms with Crippen molar-refractivity contribution in [1.82, 2.24) is 14.5 Å². The van der Waals surface area contributed by atoms with Gasteiger partial charge in [-0.25, -0.2) is 23.1 Å². The van der Waals surface area contributed by atoms with Crippen LogP contribution in [0.5, 0.6) is 0 Å². The second kappa shape index (κ2) is 7.69. The van der Waals surface area contributed by atoms with E-state index in [2.05, 4.69) is 20.3 Å². The maximum Gasteiger partial charge on any atom is 0.280 e. The Morgan fingerprint density at radius 2 is 2.03 bits per heavy atom. The number of carbonyl (C=O) groups excluding carboxylic acids is 1. The molecule has 0 aliphatic carbocycles. The van der Waals surface area contributed by atoms with Crippen LogP contribution in [0.15, 0.2) is 47.7 Å². The molecular weight excluding hydrogens is 433 g/mol. The summed E-state index contributed by atoms with van der Waals surface area (Å²) < 4.78 is 42.7. The second-order valence-corrected chi connectivity index (χ2v) is 7.61. The summed E-state index contributed by atoms with van der Waals surface area (Å²) in [4.78, 5) is 24.6. The van der Waals surface area contributed by atoms with Gasteiger partial charge in [0.25, 0.3) is 12.3 Å². The van der Waals surface area contributed by atoms with Gasteiger partial charge in [-0.05, 0) is 37.3 Å². The number of aromatic nitrogens is 3. The number of aliphatic imine (C=N–C) groups is 1. The first kappa shape index (κ1) is 20.9. The van der Waals surface area contributed by atoms with Crippen LogP contribution in [0.2, 0.25) is 5.02 Å². The van der Waals surface area contributed by atoms with Crippen molar-refractivity contribution in [3.63, 3.8) is 0 Å². The largest absolute Gasteiger partial charge is 0.381 e. The maximum atomic E-state index is 14.8. The van der Waals surface area contributed by atoms with Crippen LogP contribution in [-0.4, -0.2) is 26.3 Å². The lowest BCUT2D eigenvalue weighted by Gasteiger charge is -2.32. The number of imidazole rings is 1. The van der Waals surface area contributed by atoms with Gasteiger partial charge >= 0.3 is 0 Å². The molecule has 0 bridgehead atoms. The van der Waals surface area contributed by atoms with E-state index in [9.17, 15) is 18.0 Å². The Kier molecular flexibility index (Phi) is 5.18. The molecule has 1 aliphatic heterocycles. The van der Waals surface area contributed by atoms with E-state index in [1.54, 1.807) is 6.92 Å². The van der Waals surface area contributed by atoms with Crippen LogP contribution in [0.4, 0.5) is 18.9 Å². The number of amidine groups is 1. The van der Waals surface area contributed by atoms with Gasteiger partial charge in [0.05, 0.1) is 17.8 Å². The molecule has 0 saturated carbocycles. The molecule has 1 aliphatic rings. The minimum Gasteiger partial charge on any atom is -0.381 e. The number of amides is 1. The molecule has 2 aromatic heterocycles. The monoisotopic (exact) mass is 448 g/mol. The van der Waals surface area contributed by atoms with E-state index in [4.69, 9.17) is 17.3 Å². The van der Waals surface area contributed by atoms with Crippen LogP contribution in [0.3, 0.4) is 0 Å². The number of carbonyl (C=O) groups is 1. The molecule has 0 unspecified atom stereocenters. The van der Waals surface area contributed by atoms with E-state index in [1.165, 1.54) is 35.0 Å². The van der Waals surface area contributed by atoms with Gasteiger partial charge in [0.15, 0.2) is 11.7 Å². The van der Waals surface area contributed by atoms with Crippen LogP contribution in [0.1, 0.15) is 40.9 Å². The van der Waals surface area contributed by atoms with E-state index >= 15 is 0 Å². The maximum absolute atomic E-state index is 14.8. The summed E-state index contributed by atoms with van der Waals surface area (Å²) in [5.74, 6) is -1.13. The fraction of sp³-hybridized carbons (Fsp3) is 0.200. The van der Waals surface area contributed by atoms with Crippen molar-refractivity contribution in [1.29, 1.82) is 0 Å². The first-order valence-electron chi connectivity index (χ1n) is 9.10. The zero-order chi connectivity index (χ0) is 22.3. The smallest absolute Gasteiger partial charge is 0.280 e. The van der Waals surface area contributed by atoms with Crippen molar-refractivity contribution < 1.29 is 18.0 Å². The number of nitrogens with zero attached hydrogens (tertiary/aromatic N) is 4. The molecule has 3 heterocycles. The topological polar surface area (TPSA) is 98.2 Å². The number of anilines is 1. The molecule has 7 nitrogen and oxygen atoms in total. The number of rotatable bonds is 4. The van der Waals surface area contributed by atoms with Gasteiger partial charge in [-0.3, -0.25) is 9.79 Å². The summed E-state index contributed by atoms with van der Waals surface area (Å²) in [6, 6.07) is 6.89. The van der Waals surface area contributed by atoms with Crippen LogP contribution in [0, 0.1) is 5.82 Å². The zero-order valence-electron chi connectivity index (χ0n) is 16.1. The number of nitrogens with two attached hydrogens (primary N) is 1. The molecule has 3 N–H and O–H groups in total. The Hall–Kier alpha value is -3.40. The predicted molar refractivity (Wildman–Crippen MR) is 109 cm³/mol. The van der Waals surface area contributed by atoms with Gasteiger partial charge in [-0.15, -0.1) is 0 Å². The molecule has 31 heavy (non-hydrogen) atoms. The van der Waals surface area contributed by atoms with E-state index < -0.39 is 23.7 Å². The minimum absolute atomic E-state index is 0.0804. The molecule has 3 aromatic rings. The minimum atomic E-state index is -2.78. The normalized spacial score (nSPS) is 17.9. The first-order valence-corrected chi connectivity index (χ1v) is 9.48. The fourth-order valence-electron chi connectivity index (χ4n) is 3.46. The summed E-state index contributed by atoms with van der Waals surface area (Å²) >= 11 is 5.77. The van der Waals surface area contributed by atoms with Gasteiger partial charge in [0.1, 0.15) is 22.7 Å². The lowest BCUT2D eigenvalue weighted by Crippen LogP contribution is -2.38. The molecule has 4 rings (SSSR count). The number of nitrogens with one attached hydrogen (secondary N) is 1. The van der Waals surface area contributed by atoms with E-state index in [1.807, 2.05) is 0 Å². The van der Waals surface area contributed by atoms with E-state index in [0.717, 1.165) is 12.3 Å². The fourth-order valence-corrected chi connectivity index (χ4v) is 3.57. The van der Waals surface area contributed by atoms with Crippen molar-refractivity contribution in [3.05, 3.63) is 76.3 Å². The lowest BCUT2D eigenvalue weighted by molar-refractivity contribution is 0.102. The Morgan fingerprint density at radius 3 is 2.71 bits per heavy atom. The van der Waals surface area contributed by atoms with Gasteiger partial charge in [-0.2, -0.15) is 0 Å².